The summed E-state index contributed by atoms with van der Waals surface area (Å²) < 4.78 is 11.2. The maximum Gasteiger partial charge on any atom is 0.161 e. The standard InChI is InChI=1S/C27H28ClN3O2/c1-32-26-13-18-10-11-31(17-30-21-7-5-6-20(28)14-21)25(23(18)15-27(26)33-2)12-19-16-29-24-9-4-3-8-22(19)24/h3-9,13-16,25,29-30H,10-12,17H2,1-2H3. The fourth-order valence-electron chi connectivity index (χ4n) is 4.81. The molecule has 0 saturated heterocycles. The molecule has 0 amide bonds. The molecule has 33 heavy (non-hydrogen) atoms. The number of H-pyrrole nitrogens is 1. The zero-order valence-corrected chi connectivity index (χ0v) is 19.7. The Bertz CT molecular complexity index is 1270. The van der Waals surface area contributed by atoms with Crippen LogP contribution in [0.15, 0.2) is 66.9 Å². The molecule has 2 N–H and O–H groups in total. The Kier molecular flexibility index (Phi) is 6.16. The molecular formula is C27H28ClN3O2. The van der Waals surface area contributed by atoms with Crippen molar-refractivity contribution in [2.24, 2.45) is 0 Å². The van der Waals surface area contributed by atoms with E-state index >= 15 is 0 Å². The molecule has 0 fully saturated rings. The van der Waals surface area contributed by atoms with Crippen molar-refractivity contribution in [2.45, 2.75) is 18.9 Å². The average Bonchev–Trinajstić information content (AvgIpc) is 3.25. The third kappa shape index (κ3) is 4.39. The minimum absolute atomic E-state index is 0.194. The summed E-state index contributed by atoms with van der Waals surface area (Å²) in [6.45, 7) is 1.67. The molecule has 1 unspecified atom stereocenters. The largest absolute Gasteiger partial charge is 0.493 e. The van der Waals surface area contributed by atoms with Gasteiger partial charge in [0.1, 0.15) is 0 Å². The Morgan fingerprint density at radius 1 is 1.03 bits per heavy atom. The average molecular weight is 462 g/mol. The molecule has 0 radical (unpaired) electrons. The van der Waals surface area contributed by atoms with Crippen LogP contribution in [0.5, 0.6) is 11.5 Å². The van der Waals surface area contributed by atoms with E-state index in [2.05, 4.69) is 57.8 Å². The van der Waals surface area contributed by atoms with Crippen LogP contribution in [0.4, 0.5) is 5.69 Å². The first kappa shape index (κ1) is 21.7. The van der Waals surface area contributed by atoms with E-state index in [0.717, 1.165) is 48.3 Å². The van der Waals surface area contributed by atoms with Crippen LogP contribution in [0.2, 0.25) is 5.02 Å². The maximum atomic E-state index is 6.19. The number of aromatic nitrogens is 1. The number of hydrogen-bond acceptors (Lipinski definition) is 4. The SMILES string of the molecule is COc1cc2c(cc1OC)C(Cc1c[nH]c3ccccc13)N(CNc1cccc(Cl)c1)CC2. The van der Waals surface area contributed by atoms with Crippen LogP contribution in [0.3, 0.4) is 0 Å². The van der Waals surface area contributed by atoms with Gasteiger partial charge in [-0.25, -0.2) is 0 Å². The van der Waals surface area contributed by atoms with E-state index in [9.17, 15) is 0 Å². The second-order valence-corrected chi connectivity index (χ2v) is 8.83. The maximum absolute atomic E-state index is 6.19. The minimum atomic E-state index is 0.194. The quantitative estimate of drug-likeness (QED) is 0.351. The number of para-hydroxylation sites is 1. The molecule has 0 aliphatic carbocycles. The number of anilines is 1. The monoisotopic (exact) mass is 461 g/mol. The van der Waals surface area contributed by atoms with Crippen molar-refractivity contribution >= 4 is 28.2 Å². The van der Waals surface area contributed by atoms with Gasteiger partial charge in [0, 0.05) is 40.4 Å². The molecule has 6 heteroatoms. The smallest absolute Gasteiger partial charge is 0.161 e. The minimum Gasteiger partial charge on any atom is -0.493 e. The van der Waals surface area contributed by atoms with E-state index in [4.69, 9.17) is 21.1 Å². The first-order valence-electron chi connectivity index (χ1n) is 11.2. The fourth-order valence-corrected chi connectivity index (χ4v) is 5.00. The molecular weight excluding hydrogens is 434 g/mol. The number of nitrogens with one attached hydrogen (secondary N) is 2. The number of rotatable bonds is 7. The number of halogens is 1. The van der Waals surface area contributed by atoms with Gasteiger partial charge < -0.3 is 19.8 Å². The van der Waals surface area contributed by atoms with Crippen LogP contribution in [0.1, 0.15) is 22.7 Å². The van der Waals surface area contributed by atoms with Crippen LogP contribution in [-0.2, 0) is 12.8 Å². The lowest BCUT2D eigenvalue weighted by molar-refractivity contribution is 0.196. The molecule has 3 aromatic carbocycles. The third-order valence-corrected chi connectivity index (χ3v) is 6.75. The van der Waals surface area contributed by atoms with Crippen LogP contribution in [0.25, 0.3) is 10.9 Å². The van der Waals surface area contributed by atoms with Crippen LogP contribution in [-0.4, -0.2) is 37.3 Å². The summed E-state index contributed by atoms with van der Waals surface area (Å²) in [6, 6.07) is 20.8. The lowest BCUT2D eigenvalue weighted by Crippen LogP contribution is -2.39. The predicted octanol–water partition coefficient (Wildman–Crippen LogP) is 6.05. The Morgan fingerprint density at radius 3 is 2.67 bits per heavy atom. The summed E-state index contributed by atoms with van der Waals surface area (Å²) in [5.41, 5.74) is 6.10. The van der Waals surface area contributed by atoms with Gasteiger partial charge in [0.2, 0.25) is 0 Å². The van der Waals surface area contributed by atoms with E-state index < -0.39 is 0 Å². The highest BCUT2D eigenvalue weighted by molar-refractivity contribution is 6.30. The predicted molar refractivity (Wildman–Crippen MR) is 135 cm³/mol. The molecule has 5 nitrogen and oxygen atoms in total. The van der Waals surface area contributed by atoms with E-state index in [1.54, 1.807) is 14.2 Å². The molecule has 1 aromatic heterocycles. The van der Waals surface area contributed by atoms with Crippen molar-refractivity contribution in [3.05, 3.63) is 88.6 Å². The molecule has 2 heterocycles. The van der Waals surface area contributed by atoms with Crippen LogP contribution >= 0.6 is 11.6 Å². The number of ether oxygens (including phenoxy) is 2. The summed E-state index contributed by atoms with van der Waals surface area (Å²) >= 11 is 6.19. The highest BCUT2D eigenvalue weighted by atomic mass is 35.5. The van der Waals surface area contributed by atoms with Crippen molar-refractivity contribution in [3.8, 4) is 11.5 Å². The molecule has 0 spiro atoms. The normalized spacial score (nSPS) is 15.9. The van der Waals surface area contributed by atoms with Gasteiger partial charge in [-0.2, -0.15) is 0 Å². The highest BCUT2D eigenvalue weighted by Crippen LogP contribution is 2.40. The number of aromatic amines is 1. The summed E-state index contributed by atoms with van der Waals surface area (Å²) in [5, 5.41) is 5.57. The zero-order valence-electron chi connectivity index (χ0n) is 18.9. The van der Waals surface area contributed by atoms with Gasteiger partial charge in [-0.15, -0.1) is 0 Å². The molecule has 0 saturated carbocycles. The second-order valence-electron chi connectivity index (χ2n) is 8.39. The van der Waals surface area contributed by atoms with Crippen molar-refractivity contribution in [1.82, 2.24) is 9.88 Å². The first-order valence-corrected chi connectivity index (χ1v) is 11.6. The number of methoxy groups -OCH3 is 2. The van der Waals surface area contributed by atoms with Crippen molar-refractivity contribution in [1.29, 1.82) is 0 Å². The van der Waals surface area contributed by atoms with Gasteiger partial charge in [0.15, 0.2) is 11.5 Å². The van der Waals surface area contributed by atoms with E-state index in [-0.39, 0.29) is 6.04 Å². The van der Waals surface area contributed by atoms with E-state index in [0.29, 0.717) is 0 Å². The van der Waals surface area contributed by atoms with E-state index in [1.807, 2.05) is 24.3 Å². The lowest BCUT2D eigenvalue weighted by atomic mass is 9.88. The zero-order chi connectivity index (χ0) is 22.8. The number of benzene rings is 3. The van der Waals surface area contributed by atoms with Gasteiger partial charge >= 0.3 is 0 Å². The Morgan fingerprint density at radius 2 is 1.85 bits per heavy atom. The summed E-state index contributed by atoms with van der Waals surface area (Å²) in [5.74, 6) is 1.55. The first-order chi connectivity index (χ1) is 16.2. The summed E-state index contributed by atoms with van der Waals surface area (Å²) in [7, 11) is 3.39. The van der Waals surface area contributed by atoms with Gasteiger partial charge in [-0.05, 0) is 65.9 Å². The molecule has 1 aliphatic rings. The van der Waals surface area contributed by atoms with Crippen molar-refractivity contribution < 1.29 is 9.47 Å². The number of fused-ring (bicyclic) bond motifs is 2. The van der Waals surface area contributed by atoms with Gasteiger partial charge in [0.25, 0.3) is 0 Å². The number of nitrogens with zero attached hydrogens (tertiary/aromatic N) is 1. The highest BCUT2D eigenvalue weighted by Gasteiger charge is 2.30. The molecule has 5 rings (SSSR count). The summed E-state index contributed by atoms with van der Waals surface area (Å²) in [6.07, 6.45) is 3.99. The lowest BCUT2D eigenvalue weighted by Gasteiger charge is -2.38. The Balaban J connectivity index is 1.50. The Labute approximate surface area is 199 Å². The van der Waals surface area contributed by atoms with Crippen molar-refractivity contribution in [2.75, 3.05) is 32.7 Å². The van der Waals surface area contributed by atoms with Gasteiger partial charge in [0.05, 0.1) is 20.9 Å². The third-order valence-electron chi connectivity index (χ3n) is 6.51. The van der Waals surface area contributed by atoms with Crippen LogP contribution in [0, 0.1) is 0 Å². The second kappa shape index (κ2) is 9.38. The molecule has 1 aliphatic heterocycles. The van der Waals surface area contributed by atoms with E-state index in [1.165, 1.54) is 27.6 Å². The van der Waals surface area contributed by atoms with Crippen LogP contribution < -0.4 is 14.8 Å². The molecule has 4 aromatic rings. The topological polar surface area (TPSA) is 49.5 Å². The molecule has 1 atom stereocenters. The summed E-state index contributed by atoms with van der Waals surface area (Å²) in [4.78, 5) is 5.92. The van der Waals surface area contributed by atoms with Gasteiger partial charge in [-0.1, -0.05) is 35.9 Å². The Hall–Kier alpha value is -3.15. The molecule has 0 bridgehead atoms. The van der Waals surface area contributed by atoms with Gasteiger partial charge in [-0.3, -0.25) is 4.90 Å². The fraction of sp³-hybridized carbons (Fsp3) is 0.259. The van der Waals surface area contributed by atoms with Crippen molar-refractivity contribution in [3.63, 3.8) is 0 Å². The number of hydrogen-bond donors (Lipinski definition) is 2. The molecule has 170 valence electrons.